The van der Waals surface area contributed by atoms with Crippen LogP contribution in [-0.4, -0.2) is 38.2 Å². The van der Waals surface area contributed by atoms with Crippen LogP contribution < -0.4 is 9.47 Å². The molecule has 1 saturated heterocycles. The van der Waals surface area contributed by atoms with Gasteiger partial charge >= 0.3 is 6.18 Å². The first-order valence-corrected chi connectivity index (χ1v) is 15.5. The van der Waals surface area contributed by atoms with Crippen LogP contribution in [0.3, 0.4) is 0 Å². The molecule has 2 aromatic heterocycles. The van der Waals surface area contributed by atoms with E-state index in [0.717, 1.165) is 24.1 Å². The van der Waals surface area contributed by atoms with Gasteiger partial charge in [-0.1, -0.05) is 11.6 Å². The van der Waals surface area contributed by atoms with Gasteiger partial charge < -0.3 is 9.47 Å². The van der Waals surface area contributed by atoms with Gasteiger partial charge in [0.05, 0.1) is 22.7 Å². The molecule has 3 aliphatic rings. The summed E-state index contributed by atoms with van der Waals surface area (Å²) in [6.07, 6.45) is 0.0267. The van der Waals surface area contributed by atoms with Crippen molar-refractivity contribution in [2.75, 3.05) is 13.1 Å². The molecule has 2 aliphatic heterocycles. The molecule has 4 heterocycles. The SMILES string of the molecule is CC1(c2ccc(Cl)cc2F)Oc2cc(F)cc(C3CCN(Cc4ncc(-c5n[nH]c(C(F)(F)F)n5)cc4CC4(C#N)CC4)CC3)c2O1. The summed E-state index contributed by atoms with van der Waals surface area (Å²) in [4.78, 5) is 10.4. The smallest absolute Gasteiger partial charge is 0.444 e. The van der Waals surface area contributed by atoms with Crippen molar-refractivity contribution in [1.82, 2.24) is 25.1 Å². The van der Waals surface area contributed by atoms with E-state index in [1.54, 1.807) is 13.0 Å². The van der Waals surface area contributed by atoms with Gasteiger partial charge in [0.2, 0.25) is 5.82 Å². The Morgan fingerprint density at radius 2 is 1.87 bits per heavy atom. The van der Waals surface area contributed by atoms with E-state index in [-0.39, 0.29) is 28.1 Å². The average Bonchev–Trinajstić information content (AvgIpc) is 3.43. The minimum atomic E-state index is -4.66. The lowest BCUT2D eigenvalue weighted by Crippen LogP contribution is -2.34. The standard InChI is InChI=1S/C33H28ClF5N6O2/c1-31(24-3-2-21(34)11-25(24)36)46-27-13-22(35)12-23(28(27)47-31)18-4-8-45(9-5-18)16-26-19(14-32(17-40)6-7-32)10-20(15-41-26)29-42-30(44-43-29)33(37,38)39/h2-3,10-13,15,18H,4-9,14,16H2,1H3,(H,42,43,44). The Morgan fingerprint density at radius 3 is 2.53 bits per heavy atom. The van der Waals surface area contributed by atoms with Gasteiger partial charge in [0.15, 0.2) is 17.3 Å². The second kappa shape index (κ2) is 11.5. The van der Waals surface area contributed by atoms with Crippen LogP contribution in [0, 0.1) is 28.4 Å². The number of piperidine rings is 1. The first-order valence-electron chi connectivity index (χ1n) is 15.1. The van der Waals surface area contributed by atoms with Crippen molar-refractivity contribution in [3.8, 4) is 29.0 Å². The molecule has 1 unspecified atom stereocenters. The Bertz CT molecular complexity index is 1900. The molecule has 1 saturated carbocycles. The normalized spacial score (nSPS) is 20.7. The van der Waals surface area contributed by atoms with Gasteiger partial charge in [-0.25, -0.2) is 13.8 Å². The van der Waals surface area contributed by atoms with Gasteiger partial charge in [-0.15, -0.1) is 0 Å². The third kappa shape index (κ3) is 6.12. The molecule has 244 valence electrons. The Balaban J connectivity index is 1.08. The Labute approximate surface area is 271 Å². The number of aromatic amines is 1. The second-order valence-corrected chi connectivity index (χ2v) is 13.0. The summed E-state index contributed by atoms with van der Waals surface area (Å²) in [5.41, 5.74) is 2.10. The highest BCUT2D eigenvalue weighted by atomic mass is 35.5. The fraction of sp³-hybridized carbons (Fsp3) is 0.394. The minimum absolute atomic E-state index is 0.0617. The van der Waals surface area contributed by atoms with Crippen molar-refractivity contribution >= 4 is 11.6 Å². The highest BCUT2D eigenvalue weighted by Gasteiger charge is 2.45. The highest BCUT2D eigenvalue weighted by molar-refractivity contribution is 6.30. The van der Waals surface area contributed by atoms with Gasteiger partial charge in [-0.2, -0.15) is 23.5 Å². The number of nitrogens with zero attached hydrogens (tertiary/aromatic N) is 5. The maximum absolute atomic E-state index is 14.8. The quantitative estimate of drug-likeness (QED) is 0.201. The van der Waals surface area contributed by atoms with E-state index in [9.17, 15) is 27.2 Å². The lowest BCUT2D eigenvalue weighted by atomic mass is 9.88. The third-order valence-corrected chi connectivity index (χ3v) is 9.40. The fourth-order valence-electron chi connectivity index (χ4n) is 6.40. The molecule has 8 nitrogen and oxygen atoms in total. The average molecular weight is 671 g/mol. The molecule has 14 heteroatoms. The molecular formula is C33H28ClF5N6O2. The summed E-state index contributed by atoms with van der Waals surface area (Å²) < 4.78 is 81.2. The van der Waals surface area contributed by atoms with E-state index < -0.39 is 34.8 Å². The predicted octanol–water partition coefficient (Wildman–Crippen LogP) is 7.69. The number of nitriles is 1. The molecule has 2 aromatic carbocycles. The molecule has 47 heavy (non-hydrogen) atoms. The van der Waals surface area contributed by atoms with Gasteiger partial charge in [0.25, 0.3) is 5.79 Å². The number of nitrogens with one attached hydrogen (secondary N) is 1. The minimum Gasteiger partial charge on any atom is -0.444 e. The van der Waals surface area contributed by atoms with Crippen LogP contribution in [0.2, 0.25) is 5.02 Å². The van der Waals surface area contributed by atoms with Crippen molar-refractivity contribution in [3.63, 3.8) is 0 Å². The third-order valence-electron chi connectivity index (χ3n) is 9.16. The van der Waals surface area contributed by atoms with Crippen molar-refractivity contribution in [3.05, 3.63) is 87.5 Å². The number of fused-ring (bicyclic) bond motifs is 1. The Hall–Kier alpha value is -4.28. The van der Waals surface area contributed by atoms with Gasteiger partial charge in [0, 0.05) is 41.9 Å². The van der Waals surface area contributed by atoms with E-state index in [2.05, 4.69) is 26.0 Å². The van der Waals surface area contributed by atoms with Crippen LogP contribution in [0.1, 0.15) is 66.7 Å². The largest absolute Gasteiger partial charge is 0.451 e. The first-order chi connectivity index (χ1) is 22.3. The number of alkyl halides is 3. The van der Waals surface area contributed by atoms with Crippen LogP contribution >= 0.6 is 11.6 Å². The van der Waals surface area contributed by atoms with Crippen LogP contribution in [0.5, 0.6) is 11.5 Å². The zero-order valence-corrected chi connectivity index (χ0v) is 25.9. The molecule has 7 rings (SSSR count). The summed E-state index contributed by atoms with van der Waals surface area (Å²) in [5, 5.41) is 15.6. The van der Waals surface area contributed by atoms with E-state index in [4.69, 9.17) is 21.1 Å². The van der Waals surface area contributed by atoms with Gasteiger partial charge in [-0.3, -0.25) is 15.0 Å². The number of benzene rings is 2. The number of halogens is 6. The topological polar surface area (TPSA) is 100.0 Å². The Kier molecular flexibility index (Phi) is 7.63. The number of pyridine rings is 1. The van der Waals surface area contributed by atoms with E-state index in [1.807, 2.05) is 5.10 Å². The number of ether oxygens (including phenoxy) is 2. The maximum Gasteiger partial charge on any atom is 0.451 e. The zero-order chi connectivity index (χ0) is 33.1. The van der Waals surface area contributed by atoms with Crippen LogP contribution in [0.4, 0.5) is 22.0 Å². The van der Waals surface area contributed by atoms with Gasteiger partial charge in [-0.05, 0) is 87.0 Å². The zero-order valence-electron chi connectivity index (χ0n) is 25.1. The van der Waals surface area contributed by atoms with Gasteiger partial charge in [0.1, 0.15) is 11.6 Å². The number of rotatable bonds is 7. The number of aromatic nitrogens is 4. The first kappa shape index (κ1) is 31.3. The van der Waals surface area contributed by atoms with Crippen molar-refractivity contribution < 1.29 is 31.4 Å². The molecule has 2 fully saturated rings. The lowest BCUT2D eigenvalue weighted by Gasteiger charge is -2.33. The van der Waals surface area contributed by atoms with Crippen molar-refractivity contribution in [2.45, 2.75) is 63.5 Å². The molecule has 0 radical (unpaired) electrons. The van der Waals surface area contributed by atoms with E-state index in [0.29, 0.717) is 55.8 Å². The molecule has 0 spiro atoms. The van der Waals surface area contributed by atoms with Crippen LogP contribution in [0.25, 0.3) is 11.4 Å². The molecule has 0 bridgehead atoms. The molecule has 0 amide bonds. The lowest BCUT2D eigenvalue weighted by molar-refractivity contribution is -0.144. The molecule has 4 aromatic rings. The van der Waals surface area contributed by atoms with Crippen LogP contribution in [-0.2, 0) is 24.9 Å². The van der Waals surface area contributed by atoms with Crippen molar-refractivity contribution in [2.24, 2.45) is 5.41 Å². The highest BCUT2D eigenvalue weighted by Crippen LogP contribution is 2.51. The summed E-state index contributed by atoms with van der Waals surface area (Å²) in [6, 6.07) is 11.0. The predicted molar refractivity (Wildman–Crippen MR) is 159 cm³/mol. The molecule has 1 aliphatic carbocycles. The monoisotopic (exact) mass is 670 g/mol. The molecule has 1 N–H and O–H groups in total. The summed E-state index contributed by atoms with van der Waals surface area (Å²) >= 11 is 5.93. The summed E-state index contributed by atoms with van der Waals surface area (Å²) in [5.74, 6) is -3.38. The summed E-state index contributed by atoms with van der Waals surface area (Å²) in [6.45, 7) is 3.32. The van der Waals surface area contributed by atoms with E-state index >= 15 is 0 Å². The number of hydrogen-bond acceptors (Lipinski definition) is 7. The second-order valence-electron chi connectivity index (χ2n) is 12.6. The number of likely N-dealkylation sites (tertiary alicyclic amines) is 1. The number of hydrogen-bond donors (Lipinski definition) is 1. The van der Waals surface area contributed by atoms with Crippen molar-refractivity contribution in [1.29, 1.82) is 5.26 Å². The molecule has 1 atom stereocenters. The van der Waals surface area contributed by atoms with E-state index in [1.165, 1.54) is 36.5 Å². The Morgan fingerprint density at radius 1 is 1.11 bits per heavy atom. The van der Waals surface area contributed by atoms with Crippen LogP contribution in [0.15, 0.2) is 42.6 Å². The summed E-state index contributed by atoms with van der Waals surface area (Å²) in [7, 11) is 0. The number of H-pyrrole nitrogens is 1. The molecular weight excluding hydrogens is 643 g/mol. The maximum atomic E-state index is 14.8. The fourth-order valence-corrected chi connectivity index (χ4v) is 6.56.